The highest BCUT2D eigenvalue weighted by Gasteiger charge is 2.22. The molecule has 5 nitrogen and oxygen atoms in total. The molecular formula is C12H11N3O2S. The molecule has 0 fully saturated rings. The molecule has 0 bridgehead atoms. The molecular weight excluding hydrogens is 250 g/mol. The van der Waals surface area contributed by atoms with E-state index in [4.69, 9.17) is 5.11 Å². The Labute approximate surface area is 108 Å². The Balaban J connectivity index is 1.70. The maximum atomic E-state index is 10.7. The van der Waals surface area contributed by atoms with Gasteiger partial charge >= 0.3 is 5.97 Å². The van der Waals surface area contributed by atoms with Crippen molar-refractivity contribution < 1.29 is 9.90 Å². The number of carboxylic acid groups (broad SMARTS) is 1. The highest BCUT2D eigenvalue weighted by molar-refractivity contribution is 8.00. The number of carboxylic acids is 1. The van der Waals surface area contributed by atoms with Crippen molar-refractivity contribution in [1.29, 1.82) is 0 Å². The Morgan fingerprint density at radius 3 is 3.06 bits per heavy atom. The summed E-state index contributed by atoms with van der Waals surface area (Å²) in [7, 11) is 0. The summed E-state index contributed by atoms with van der Waals surface area (Å²) in [5, 5.41) is 16.6. The lowest BCUT2D eigenvalue weighted by Crippen LogP contribution is -2.12. The van der Waals surface area contributed by atoms with Gasteiger partial charge in [-0.3, -0.25) is 4.68 Å². The molecule has 0 saturated carbocycles. The van der Waals surface area contributed by atoms with Gasteiger partial charge in [0.15, 0.2) is 5.69 Å². The second-order valence-electron chi connectivity index (χ2n) is 4.18. The minimum atomic E-state index is -1.04. The van der Waals surface area contributed by atoms with E-state index >= 15 is 0 Å². The summed E-state index contributed by atoms with van der Waals surface area (Å²) in [6.07, 6.45) is 2.47. The zero-order valence-electron chi connectivity index (χ0n) is 9.48. The Morgan fingerprint density at radius 1 is 1.50 bits per heavy atom. The van der Waals surface area contributed by atoms with Crippen molar-refractivity contribution in [3.05, 3.63) is 41.7 Å². The van der Waals surface area contributed by atoms with Crippen LogP contribution in [0, 0.1) is 0 Å². The molecule has 6 heteroatoms. The van der Waals surface area contributed by atoms with Gasteiger partial charge in [-0.2, -0.15) is 0 Å². The van der Waals surface area contributed by atoms with Crippen molar-refractivity contribution >= 4 is 17.7 Å². The fraction of sp³-hybridized carbons (Fsp3) is 0.250. The highest BCUT2D eigenvalue weighted by Crippen LogP contribution is 2.37. The van der Waals surface area contributed by atoms with Crippen LogP contribution in [0.5, 0.6) is 0 Å². The van der Waals surface area contributed by atoms with Crippen LogP contribution in [0.3, 0.4) is 0 Å². The van der Waals surface area contributed by atoms with Crippen molar-refractivity contribution in [2.75, 3.05) is 0 Å². The summed E-state index contributed by atoms with van der Waals surface area (Å²) in [5.74, 6) is -1.04. The predicted octanol–water partition coefficient (Wildman–Crippen LogP) is 1.69. The van der Waals surface area contributed by atoms with Crippen molar-refractivity contribution in [2.24, 2.45) is 0 Å². The quantitative estimate of drug-likeness (QED) is 0.910. The summed E-state index contributed by atoms with van der Waals surface area (Å²) >= 11 is 1.81. The van der Waals surface area contributed by atoms with E-state index in [1.165, 1.54) is 16.7 Å². The van der Waals surface area contributed by atoms with Crippen LogP contribution in [0.2, 0.25) is 0 Å². The molecule has 0 aliphatic carbocycles. The van der Waals surface area contributed by atoms with Crippen LogP contribution in [0.1, 0.15) is 16.1 Å². The van der Waals surface area contributed by atoms with Crippen molar-refractivity contribution in [3.63, 3.8) is 0 Å². The smallest absolute Gasteiger partial charge is 0.358 e. The third-order valence-electron chi connectivity index (χ3n) is 2.86. The molecule has 0 saturated heterocycles. The minimum Gasteiger partial charge on any atom is -0.476 e. The Morgan fingerprint density at radius 2 is 2.33 bits per heavy atom. The van der Waals surface area contributed by atoms with Gasteiger partial charge in [0.2, 0.25) is 0 Å². The summed E-state index contributed by atoms with van der Waals surface area (Å²) in [5.41, 5.74) is 1.35. The van der Waals surface area contributed by atoms with Gasteiger partial charge in [-0.1, -0.05) is 23.4 Å². The molecule has 2 aromatic rings. The second kappa shape index (κ2) is 4.45. The Hall–Kier alpha value is -1.82. The molecule has 1 aliphatic rings. The molecule has 92 valence electrons. The number of fused-ring (bicyclic) bond motifs is 1. The zero-order valence-corrected chi connectivity index (χ0v) is 10.3. The molecule has 1 aliphatic heterocycles. The van der Waals surface area contributed by atoms with Crippen LogP contribution in [0.15, 0.2) is 35.4 Å². The molecule has 0 radical (unpaired) electrons. The third-order valence-corrected chi connectivity index (χ3v) is 4.16. The molecule has 1 aromatic carbocycles. The molecule has 0 amide bonds. The zero-order chi connectivity index (χ0) is 12.5. The lowest BCUT2D eigenvalue weighted by Gasteiger charge is -2.06. The second-order valence-corrected chi connectivity index (χ2v) is 5.52. The van der Waals surface area contributed by atoms with Crippen molar-refractivity contribution in [1.82, 2.24) is 15.0 Å². The number of thioether (sulfide) groups is 1. The van der Waals surface area contributed by atoms with Crippen molar-refractivity contribution in [3.8, 4) is 0 Å². The van der Waals surface area contributed by atoms with Gasteiger partial charge in [0.25, 0.3) is 0 Å². The van der Waals surface area contributed by atoms with Gasteiger partial charge in [-0.15, -0.1) is 16.9 Å². The van der Waals surface area contributed by atoms with E-state index in [0.29, 0.717) is 11.8 Å². The van der Waals surface area contributed by atoms with Gasteiger partial charge in [-0.05, 0) is 18.1 Å². The van der Waals surface area contributed by atoms with E-state index < -0.39 is 5.97 Å². The summed E-state index contributed by atoms with van der Waals surface area (Å²) in [6, 6.07) is 8.32. The average Bonchev–Trinajstić information content (AvgIpc) is 2.94. The lowest BCUT2D eigenvalue weighted by molar-refractivity contribution is 0.0690. The van der Waals surface area contributed by atoms with Gasteiger partial charge in [-0.25, -0.2) is 4.79 Å². The van der Waals surface area contributed by atoms with Crippen LogP contribution in [-0.2, 0) is 13.0 Å². The lowest BCUT2D eigenvalue weighted by atomic mass is 10.1. The largest absolute Gasteiger partial charge is 0.476 e. The number of rotatable bonds is 3. The van der Waals surface area contributed by atoms with E-state index in [1.54, 1.807) is 4.68 Å². The van der Waals surface area contributed by atoms with Gasteiger partial charge in [0.1, 0.15) is 0 Å². The third kappa shape index (κ3) is 2.11. The number of aromatic carboxylic acids is 1. The summed E-state index contributed by atoms with van der Waals surface area (Å²) in [4.78, 5) is 12.0. The van der Waals surface area contributed by atoms with E-state index in [2.05, 4.69) is 22.4 Å². The van der Waals surface area contributed by atoms with E-state index in [-0.39, 0.29) is 5.69 Å². The Kier molecular flexibility index (Phi) is 2.79. The predicted molar refractivity (Wildman–Crippen MR) is 66.8 cm³/mol. The molecule has 2 heterocycles. The fourth-order valence-electron chi connectivity index (χ4n) is 2.05. The standard InChI is InChI=1S/C12H11N3O2S/c16-12(17)10-7-15(14-13-10)6-9-5-8-3-1-2-4-11(8)18-9/h1-4,7,9H,5-6H2,(H,16,17). The summed E-state index contributed by atoms with van der Waals surface area (Å²) < 4.78 is 1.60. The molecule has 1 unspecified atom stereocenters. The summed E-state index contributed by atoms with van der Waals surface area (Å²) in [6.45, 7) is 0.680. The van der Waals surface area contributed by atoms with Gasteiger partial charge in [0.05, 0.1) is 12.7 Å². The van der Waals surface area contributed by atoms with Crippen LogP contribution < -0.4 is 0 Å². The SMILES string of the molecule is O=C(O)c1cn(CC2Cc3ccccc3S2)nn1. The first kappa shape index (κ1) is 11.3. The molecule has 18 heavy (non-hydrogen) atoms. The molecule has 0 spiro atoms. The fourth-order valence-corrected chi connectivity index (χ4v) is 3.36. The number of hydrogen-bond donors (Lipinski definition) is 1. The van der Waals surface area contributed by atoms with Crippen molar-refractivity contribution in [2.45, 2.75) is 23.1 Å². The van der Waals surface area contributed by atoms with Gasteiger partial charge < -0.3 is 5.11 Å². The number of carbonyl (C=O) groups is 1. The minimum absolute atomic E-state index is 0.00416. The van der Waals surface area contributed by atoms with E-state index in [0.717, 1.165) is 6.42 Å². The number of hydrogen-bond acceptors (Lipinski definition) is 4. The first-order valence-electron chi connectivity index (χ1n) is 5.60. The van der Waals surface area contributed by atoms with Crippen LogP contribution in [0.25, 0.3) is 0 Å². The molecule has 1 aromatic heterocycles. The van der Waals surface area contributed by atoms with Crippen LogP contribution >= 0.6 is 11.8 Å². The Bertz CT molecular complexity index is 572. The molecule has 1 N–H and O–H groups in total. The number of benzene rings is 1. The average molecular weight is 261 g/mol. The first-order chi connectivity index (χ1) is 8.72. The van der Waals surface area contributed by atoms with E-state index in [9.17, 15) is 4.79 Å². The molecule has 3 rings (SSSR count). The van der Waals surface area contributed by atoms with Gasteiger partial charge in [0, 0.05) is 10.1 Å². The maximum Gasteiger partial charge on any atom is 0.358 e. The molecule has 1 atom stereocenters. The maximum absolute atomic E-state index is 10.7. The monoisotopic (exact) mass is 261 g/mol. The highest BCUT2D eigenvalue weighted by atomic mass is 32.2. The van der Waals surface area contributed by atoms with Crippen LogP contribution in [-0.4, -0.2) is 31.3 Å². The number of nitrogens with zero attached hydrogens (tertiary/aromatic N) is 3. The van der Waals surface area contributed by atoms with E-state index in [1.807, 2.05) is 23.9 Å². The normalized spacial score (nSPS) is 17.7. The number of aromatic nitrogens is 3. The van der Waals surface area contributed by atoms with Crippen LogP contribution in [0.4, 0.5) is 0 Å². The topological polar surface area (TPSA) is 68.0 Å². The first-order valence-corrected chi connectivity index (χ1v) is 6.48.